The van der Waals surface area contributed by atoms with E-state index in [9.17, 15) is 10.2 Å². The Kier molecular flexibility index (Phi) is 4.69. The molecule has 0 spiro atoms. The van der Waals surface area contributed by atoms with Crippen LogP contribution in [0.1, 0.15) is 25.0 Å². The van der Waals surface area contributed by atoms with Crippen molar-refractivity contribution in [2.75, 3.05) is 17.2 Å². The van der Waals surface area contributed by atoms with Crippen LogP contribution in [0.25, 0.3) is 11.2 Å². The van der Waals surface area contributed by atoms with Crippen LogP contribution in [0, 0.1) is 6.92 Å². The third-order valence-electron chi connectivity index (χ3n) is 4.01. The lowest BCUT2D eigenvalue weighted by atomic mass is 10.1. The molecule has 138 valence electrons. The van der Waals surface area contributed by atoms with E-state index in [0.29, 0.717) is 36.0 Å². The van der Waals surface area contributed by atoms with Crippen molar-refractivity contribution in [2.45, 2.75) is 32.9 Å². The lowest BCUT2D eigenvalue weighted by molar-refractivity contribution is 0.0943. The number of rotatable bonds is 6. The summed E-state index contributed by atoms with van der Waals surface area (Å²) in [6.07, 6.45) is 1.68. The van der Waals surface area contributed by atoms with Gasteiger partial charge in [0.2, 0.25) is 5.95 Å². The Balaban J connectivity index is 1.89. The van der Waals surface area contributed by atoms with Gasteiger partial charge in [0.1, 0.15) is 5.75 Å². The van der Waals surface area contributed by atoms with E-state index in [-0.39, 0.29) is 5.75 Å². The van der Waals surface area contributed by atoms with Gasteiger partial charge in [-0.25, -0.2) is 4.98 Å². The number of aromatic hydroxyl groups is 1. The van der Waals surface area contributed by atoms with E-state index >= 15 is 0 Å². The number of aliphatic hydroxyl groups is 1. The molecule has 0 radical (unpaired) electrons. The zero-order valence-electron chi connectivity index (χ0n) is 15.4. The maximum Gasteiger partial charge on any atom is 0.226 e. The summed E-state index contributed by atoms with van der Waals surface area (Å²) >= 11 is 0. The summed E-state index contributed by atoms with van der Waals surface area (Å²) in [5.41, 5.74) is 2.04. The monoisotopic (exact) mass is 356 g/mol. The maximum atomic E-state index is 10.2. The van der Waals surface area contributed by atoms with Crippen LogP contribution in [0.15, 0.2) is 24.5 Å². The quantitative estimate of drug-likeness (QED) is 0.536. The Morgan fingerprint density at radius 1 is 1.19 bits per heavy atom. The van der Waals surface area contributed by atoms with E-state index in [4.69, 9.17) is 0 Å². The van der Waals surface area contributed by atoms with Crippen molar-refractivity contribution < 1.29 is 10.2 Å². The smallest absolute Gasteiger partial charge is 0.226 e. The number of imidazole rings is 1. The highest BCUT2D eigenvalue weighted by Crippen LogP contribution is 2.25. The Labute approximate surface area is 151 Å². The Morgan fingerprint density at radius 2 is 1.96 bits per heavy atom. The van der Waals surface area contributed by atoms with Crippen LogP contribution in [0.5, 0.6) is 5.75 Å². The molecule has 2 aromatic heterocycles. The normalized spacial score (nSPS) is 11.7. The predicted octanol–water partition coefficient (Wildman–Crippen LogP) is 2.17. The second-order valence-corrected chi connectivity index (χ2v) is 7.03. The first-order valence-electron chi connectivity index (χ1n) is 8.41. The van der Waals surface area contributed by atoms with Crippen molar-refractivity contribution in [3.05, 3.63) is 35.7 Å². The molecule has 0 aliphatic carbocycles. The average Bonchev–Trinajstić information content (AvgIpc) is 2.95. The van der Waals surface area contributed by atoms with Crippen molar-refractivity contribution >= 4 is 22.9 Å². The molecule has 0 aliphatic heterocycles. The minimum Gasteiger partial charge on any atom is -0.507 e. The third-order valence-corrected chi connectivity index (χ3v) is 4.01. The van der Waals surface area contributed by atoms with Gasteiger partial charge in [-0.2, -0.15) is 9.97 Å². The molecule has 8 heteroatoms. The number of hydrogen-bond donors (Lipinski definition) is 4. The van der Waals surface area contributed by atoms with Crippen molar-refractivity contribution in [1.82, 2.24) is 19.5 Å². The molecular formula is C18H24N6O2. The lowest BCUT2D eigenvalue weighted by Gasteiger charge is -2.18. The summed E-state index contributed by atoms with van der Waals surface area (Å²) in [5, 5.41) is 26.4. The molecule has 1 aromatic carbocycles. The van der Waals surface area contributed by atoms with Gasteiger partial charge < -0.3 is 25.4 Å². The topological polar surface area (TPSA) is 108 Å². The van der Waals surface area contributed by atoms with E-state index in [1.807, 2.05) is 36.7 Å². The number of hydrogen-bond acceptors (Lipinski definition) is 7. The van der Waals surface area contributed by atoms with Gasteiger partial charge >= 0.3 is 0 Å². The Hall–Kier alpha value is -2.87. The van der Waals surface area contributed by atoms with E-state index in [1.54, 1.807) is 20.2 Å². The zero-order valence-corrected chi connectivity index (χ0v) is 15.4. The number of aromatic nitrogens is 4. The maximum absolute atomic E-state index is 10.2. The van der Waals surface area contributed by atoms with Crippen LogP contribution in [-0.2, 0) is 13.6 Å². The first kappa shape index (κ1) is 17.9. The fourth-order valence-electron chi connectivity index (χ4n) is 2.55. The van der Waals surface area contributed by atoms with Crippen LogP contribution < -0.4 is 10.6 Å². The summed E-state index contributed by atoms with van der Waals surface area (Å²) in [5.74, 6) is 1.24. The molecule has 0 bridgehead atoms. The van der Waals surface area contributed by atoms with E-state index in [2.05, 4.69) is 25.6 Å². The van der Waals surface area contributed by atoms with Gasteiger partial charge in [-0.05, 0) is 26.3 Å². The molecule has 3 rings (SSSR count). The number of aryl methyl sites for hydroxylation is 2. The SMILES string of the molecule is Cc1cccc(CNc2nc(NCC(C)(C)O)nc3c2ncn3C)c1O. The van der Waals surface area contributed by atoms with Crippen LogP contribution in [0.3, 0.4) is 0 Å². The number of nitrogens with one attached hydrogen (secondary N) is 2. The molecule has 0 saturated heterocycles. The van der Waals surface area contributed by atoms with E-state index in [1.165, 1.54) is 0 Å². The third kappa shape index (κ3) is 3.85. The van der Waals surface area contributed by atoms with Gasteiger partial charge in [0.05, 0.1) is 11.9 Å². The molecule has 3 aromatic rings. The summed E-state index contributed by atoms with van der Waals surface area (Å²) in [6.45, 7) is 6.00. The Morgan fingerprint density at radius 3 is 2.69 bits per heavy atom. The van der Waals surface area contributed by atoms with E-state index < -0.39 is 5.60 Å². The molecule has 4 N–H and O–H groups in total. The molecular weight excluding hydrogens is 332 g/mol. The minimum atomic E-state index is -0.883. The highest BCUT2D eigenvalue weighted by molar-refractivity contribution is 5.84. The minimum absolute atomic E-state index is 0.270. The van der Waals surface area contributed by atoms with Gasteiger partial charge in [-0.3, -0.25) is 0 Å². The molecule has 0 saturated carbocycles. The van der Waals surface area contributed by atoms with Gasteiger partial charge in [0.25, 0.3) is 0 Å². The number of benzene rings is 1. The second-order valence-electron chi connectivity index (χ2n) is 7.03. The molecule has 0 aliphatic rings. The fraction of sp³-hybridized carbons (Fsp3) is 0.389. The Bertz CT molecular complexity index is 929. The molecule has 26 heavy (non-hydrogen) atoms. The summed E-state index contributed by atoms with van der Waals surface area (Å²) in [4.78, 5) is 13.3. The van der Waals surface area contributed by atoms with E-state index in [0.717, 1.165) is 11.1 Å². The fourth-order valence-corrected chi connectivity index (χ4v) is 2.55. The second kappa shape index (κ2) is 6.80. The highest BCUT2D eigenvalue weighted by Gasteiger charge is 2.16. The van der Waals surface area contributed by atoms with Gasteiger partial charge in [-0.15, -0.1) is 0 Å². The number of phenolic OH excluding ortho intramolecular Hbond substituents is 1. The lowest BCUT2D eigenvalue weighted by Crippen LogP contribution is -2.30. The number of anilines is 2. The van der Waals surface area contributed by atoms with Crippen LogP contribution in [0.4, 0.5) is 11.8 Å². The summed E-state index contributed by atoms with van der Waals surface area (Å²) < 4.78 is 1.81. The number of nitrogens with zero attached hydrogens (tertiary/aromatic N) is 4. The van der Waals surface area contributed by atoms with Crippen LogP contribution in [-0.4, -0.2) is 41.9 Å². The number of para-hydroxylation sites is 1. The summed E-state index contributed by atoms with van der Waals surface area (Å²) in [7, 11) is 1.86. The zero-order chi connectivity index (χ0) is 18.9. The van der Waals surface area contributed by atoms with Gasteiger partial charge in [0.15, 0.2) is 17.0 Å². The summed E-state index contributed by atoms with van der Waals surface area (Å²) in [6, 6.07) is 5.62. The van der Waals surface area contributed by atoms with Crippen LogP contribution in [0.2, 0.25) is 0 Å². The predicted molar refractivity (Wildman–Crippen MR) is 101 cm³/mol. The number of phenols is 1. The molecule has 0 unspecified atom stereocenters. The average molecular weight is 356 g/mol. The van der Waals surface area contributed by atoms with Crippen molar-refractivity contribution in [3.63, 3.8) is 0 Å². The molecule has 8 nitrogen and oxygen atoms in total. The van der Waals surface area contributed by atoms with Gasteiger partial charge in [-0.1, -0.05) is 18.2 Å². The first-order valence-corrected chi connectivity index (χ1v) is 8.41. The first-order chi connectivity index (χ1) is 12.2. The molecule has 0 atom stereocenters. The molecule has 2 heterocycles. The molecule has 0 fully saturated rings. The molecule has 0 amide bonds. The van der Waals surface area contributed by atoms with Gasteiger partial charge in [0, 0.05) is 25.7 Å². The number of fused-ring (bicyclic) bond motifs is 1. The standard InChI is InChI=1S/C18H24N6O2/c1-11-6-5-7-12(14(11)25)8-19-15-13-16(24(4)10-21-13)23-17(22-15)20-9-18(2,3)26/h5-7,10,25-26H,8-9H2,1-4H3,(H2,19,20,22,23). The van der Waals surface area contributed by atoms with Crippen molar-refractivity contribution in [2.24, 2.45) is 7.05 Å². The van der Waals surface area contributed by atoms with Crippen LogP contribution >= 0.6 is 0 Å². The highest BCUT2D eigenvalue weighted by atomic mass is 16.3. The largest absolute Gasteiger partial charge is 0.507 e. The van der Waals surface area contributed by atoms with Crippen molar-refractivity contribution in [1.29, 1.82) is 0 Å². The van der Waals surface area contributed by atoms with Crippen molar-refractivity contribution in [3.8, 4) is 5.75 Å².